The molecule has 2 nitrogen and oxygen atoms in total. The van der Waals surface area contributed by atoms with Crippen molar-refractivity contribution >= 4 is 23.5 Å². The molecule has 0 saturated carbocycles. The molecule has 1 rings (SSSR count). The van der Waals surface area contributed by atoms with Crippen LogP contribution in [0, 0.1) is 0 Å². The molecule has 0 aliphatic heterocycles. The van der Waals surface area contributed by atoms with Gasteiger partial charge in [0.2, 0.25) is 0 Å². The van der Waals surface area contributed by atoms with Crippen LogP contribution in [0.5, 0.6) is 0 Å². The van der Waals surface area contributed by atoms with Crippen LogP contribution in [0.4, 0.5) is 0 Å². The Labute approximate surface area is 74.6 Å². The predicted octanol–water partition coefficient (Wildman–Crippen LogP) is 0.234. The summed E-state index contributed by atoms with van der Waals surface area (Å²) in [7, 11) is 0. The summed E-state index contributed by atoms with van der Waals surface area (Å²) in [6.07, 6.45) is 1.90. The first-order valence-electron chi connectivity index (χ1n) is 3.89. The van der Waals surface area contributed by atoms with E-state index in [0.29, 0.717) is 6.54 Å². The van der Waals surface area contributed by atoms with Crippen molar-refractivity contribution in [1.29, 1.82) is 0 Å². The van der Waals surface area contributed by atoms with Crippen molar-refractivity contribution in [1.82, 2.24) is 4.98 Å². The molecular weight excluding hydrogens is 243 g/mol. The molecule has 1 heterocycles. The third-order valence-corrected chi connectivity index (χ3v) is 6.03. The van der Waals surface area contributed by atoms with E-state index in [1.807, 2.05) is 6.20 Å². The number of hydrogen-bond acceptors (Lipinski definition) is 2. The van der Waals surface area contributed by atoms with Crippen LogP contribution >= 0.6 is 0 Å². The van der Waals surface area contributed by atoms with Crippen LogP contribution in [0.2, 0.25) is 9.88 Å². The third-order valence-electron chi connectivity index (χ3n) is 1.67. The van der Waals surface area contributed by atoms with Crippen molar-refractivity contribution < 1.29 is 0 Å². The van der Waals surface area contributed by atoms with Crippen molar-refractivity contribution in [3.05, 3.63) is 23.9 Å². The standard InChI is InChI=1S/C6H7N2.2CH3.Sn.H/c7-4-6-2-1-3-8-5-6;;;;/h1-2,5H,4,7H2;2*1H3;;. The summed E-state index contributed by atoms with van der Waals surface area (Å²) < 4.78 is 1.34. The van der Waals surface area contributed by atoms with Crippen LogP contribution in [0.3, 0.4) is 0 Å². The molecule has 0 saturated heterocycles. The monoisotopic (exact) mass is 258 g/mol. The van der Waals surface area contributed by atoms with Gasteiger partial charge in [-0.1, -0.05) is 0 Å². The minimum atomic E-state index is -1.33. The van der Waals surface area contributed by atoms with Crippen molar-refractivity contribution in [3.8, 4) is 0 Å². The minimum absolute atomic E-state index is 0.598. The zero-order valence-corrected chi connectivity index (χ0v) is 10.3. The second kappa shape index (κ2) is 4.07. The summed E-state index contributed by atoms with van der Waals surface area (Å²) in [4.78, 5) is 9.04. The molecule has 0 amide bonds. The summed E-state index contributed by atoms with van der Waals surface area (Å²) in [6.45, 7) is 0.598. The van der Waals surface area contributed by atoms with E-state index in [0.717, 1.165) is 5.56 Å². The van der Waals surface area contributed by atoms with Crippen LogP contribution in [-0.4, -0.2) is 24.7 Å². The van der Waals surface area contributed by atoms with E-state index in [9.17, 15) is 0 Å². The fourth-order valence-corrected chi connectivity index (χ4v) is 3.34. The van der Waals surface area contributed by atoms with Gasteiger partial charge in [0.05, 0.1) is 0 Å². The Hall–Kier alpha value is -0.0913. The molecule has 11 heavy (non-hydrogen) atoms. The first-order chi connectivity index (χ1) is 5.24. The summed E-state index contributed by atoms with van der Waals surface area (Å²) in [5, 5.41) is 0. The van der Waals surface area contributed by atoms with Crippen LogP contribution in [-0.2, 0) is 6.54 Å². The second-order valence-corrected chi connectivity index (χ2v) is 11.2. The van der Waals surface area contributed by atoms with Crippen LogP contribution in [0.15, 0.2) is 18.3 Å². The van der Waals surface area contributed by atoms with Gasteiger partial charge in [0.25, 0.3) is 0 Å². The molecular formula is C8H14N2Sn. The topological polar surface area (TPSA) is 38.9 Å². The molecule has 0 spiro atoms. The van der Waals surface area contributed by atoms with Crippen molar-refractivity contribution in [2.45, 2.75) is 16.4 Å². The molecule has 0 unspecified atom stereocenters. The van der Waals surface area contributed by atoms with E-state index >= 15 is 0 Å². The summed E-state index contributed by atoms with van der Waals surface area (Å²) in [5.74, 6) is 0. The van der Waals surface area contributed by atoms with E-state index in [1.54, 1.807) is 0 Å². The van der Waals surface area contributed by atoms with Crippen molar-refractivity contribution in [2.75, 3.05) is 0 Å². The summed E-state index contributed by atoms with van der Waals surface area (Å²) in [6, 6.07) is 4.21. The van der Waals surface area contributed by atoms with Gasteiger partial charge in [-0.05, 0) is 0 Å². The molecule has 0 aliphatic carbocycles. The molecule has 0 aromatic carbocycles. The van der Waals surface area contributed by atoms with Gasteiger partial charge in [0.1, 0.15) is 0 Å². The number of rotatable bonds is 2. The molecule has 2 N–H and O–H groups in total. The normalized spacial score (nSPS) is 10.5. The number of pyridine rings is 1. The van der Waals surface area contributed by atoms with Crippen LogP contribution in [0.25, 0.3) is 0 Å². The fraction of sp³-hybridized carbons (Fsp3) is 0.375. The maximum atomic E-state index is 5.45. The summed E-state index contributed by atoms with van der Waals surface area (Å²) in [5.41, 5.74) is 6.58. The van der Waals surface area contributed by atoms with Gasteiger partial charge >= 0.3 is 74.5 Å². The summed E-state index contributed by atoms with van der Waals surface area (Å²) >= 11 is -1.33. The second-order valence-electron chi connectivity index (χ2n) is 2.95. The SMILES string of the molecule is [CH3][SnH]([CH3])[c]1ccc(CN)cn1. The fourth-order valence-electron chi connectivity index (χ4n) is 0.898. The number of aromatic nitrogens is 1. The Bertz CT molecular complexity index is 218. The van der Waals surface area contributed by atoms with Gasteiger partial charge in [-0.15, -0.1) is 0 Å². The Balaban J connectivity index is 2.83. The molecule has 0 atom stereocenters. The van der Waals surface area contributed by atoms with E-state index in [4.69, 9.17) is 5.73 Å². The first-order valence-corrected chi connectivity index (χ1v) is 12.1. The Morgan fingerprint density at radius 1 is 1.45 bits per heavy atom. The number of hydrogen-bond donors (Lipinski definition) is 1. The molecule has 1 aromatic heterocycles. The van der Waals surface area contributed by atoms with Crippen LogP contribution < -0.4 is 9.44 Å². The van der Waals surface area contributed by atoms with E-state index in [-0.39, 0.29) is 0 Å². The van der Waals surface area contributed by atoms with Gasteiger partial charge < -0.3 is 0 Å². The molecule has 0 aliphatic rings. The number of nitrogens with zero attached hydrogens (tertiary/aromatic N) is 1. The quantitative estimate of drug-likeness (QED) is 0.770. The van der Waals surface area contributed by atoms with E-state index in [2.05, 4.69) is 27.0 Å². The molecule has 3 heteroatoms. The van der Waals surface area contributed by atoms with Gasteiger partial charge in [-0.2, -0.15) is 0 Å². The first kappa shape index (κ1) is 9.00. The predicted molar refractivity (Wildman–Crippen MR) is 50.6 cm³/mol. The van der Waals surface area contributed by atoms with E-state index < -0.39 is 19.8 Å². The average Bonchev–Trinajstić information content (AvgIpc) is 2.05. The zero-order valence-electron chi connectivity index (χ0n) is 7.04. The van der Waals surface area contributed by atoms with E-state index in [1.165, 1.54) is 3.71 Å². The molecule has 0 fully saturated rings. The van der Waals surface area contributed by atoms with Gasteiger partial charge in [-0.3, -0.25) is 0 Å². The van der Waals surface area contributed by atoms with Gasteiger partial charge in [-0.25, -0.2) is 0 Å². The van der Waals surface area contributed by atoms with Crippen molar-refractivity contribution in [2.24, 2.45) is 5.73 Å². The Kier molecular flexibility index (Phi) is 3.33. The Morgan fingerprint density at radius 3 is 2.55 bits per heavy atom. The molecule has 0 bridgehead atoms. The molecule has 0 radical (unpaired) electrons. The van der Waals surface area contributed by atoms with Crippen molar-refractivity contribution in [3.63, 3.8) is 0 Å². The Morgan fingerprint density at radius 2 is 2.18 bits per heavy atom. The molecule has 60 valence electrons. The molecule has 1 aromatic rings. The third kappa shape index (κ3) is 2.45. The van der Waals surface area contributed by atoms with Gasteiger partial charge in [0.15, 0.2) is 0 Å². The van der Waals surface area contributed by atoms with Crippen LogP contribution in [0.1, 0.15) is 5.56 Å². The average molecular weight is 257 g/mol. The maximum absolute atomic E-state index is 5.45. The number of nitrogens with two attached hydrogens (primary N) is 1. The zero-order chi connectivity index (χ0) is 8.27. The van der Waals surface area contributed by atoms with Gasteiger partial charge in [0, 0.05) is 0 Å².